The van der Waals surface area contributed by atoms with Crippen LogP contribution in [0, 0.1) is 13.8 Å². The molecule has 0 bridgehead atoms. The minimum Gasteiger partial charge on any atom is -0.322 e. The molecule has 0 radical (unpaired) electrons. The van der Waals surface area contributed by atoms with Crippen LogP contribution in [0.5, 0.6) is 0 Å². The van der Waals surface area contributed by atoms with Crippen molar-refractivity contribution >= 4 is 39.1 Å². The summed E-state index contributed by atoms with van der Waals surface area (Å²) in [5.41, 5.74) is 3.45. The molecule has 0 spiro atoms. The lowest BCUT2D eigenvalue weighted by Gasteiger charge is -2.11. The van der Waals surface area contributed by atoms with Crippen molar-refractivity contribution in [2.45, 2.75) is 13.8 Å². The highest BCUT2D eigenvalue weighted by Crippen LogP contribution is 2.23. The zero-order valence-corrected chi connectivity index (χ0v) is 13.0. The highest BCUT2D eigenvalue weighted by Gasteiger charge is 2.10. The summed E-state index contributed by atoms with van der Waals surface area (Å²) in [5.74, 6) is -0.166. The van der Waals surface area contributed by atoms with E-state index < -0.39 is 0 Å². The first-order valence-corrected chi connectivity index (χ1v) is 6.98. The van der Waals surface area contributed by atoms with Gasteiger partial charge in [-0.2, -0.15) is 0 Å². The van der Waals surface area contributed by atoms with Crippen LogP contribution < -0.4 is 5.32 Å². The van der Waals surface area contributed by atoms with Crippen molar-refractivity contribution < 1.29 is 4.79 Å². The average Bonchev–Trinajstić information content (AvgIpc) is 2.32. The quantitative estimate of drug-likeness (QED) is 0.823. The van der Waals surface area contributed by atoms with Crippen molar-refractivity contribution in [2.75, 3.05) is 5.32 Å². The Bertz CT molecular complexity index is 600. The molecule has 2 nitrogen and oxygen atoms in total. The van der Waals surface area contributed by atoms with Crippen LogP contribution in [0.4, 0.5) is 5.69 Å². The number of benzene rings is 2. The number of halogens is 2. The first-order valence-electron chi connectivity index (χ1n) is 5.81. The van der Waals surface area contributed by atoms with Gasteiger partial charge in [-0.25, -0.2) is 0 Å². The first kappa shape index (κ1) is 14.1. The summed E-state index contributed by atoms with van der Waals surface area (Å²) in [4.78, 5) is 12.2. The number of aryl methyl sites for hydroxylation is 2. The summed E-state index contributed by atoms with van der Waals surface area (Å²) in [6.07, 6.45) is 0. The van der Waals surface area contributed by atoms with E-state index in [4.69, 9.17) is 11.6 Å². The third-order valence-electron chi connectivity index (χ3n) is 2.84. The summed E-state index contributed by atoms with van der Waals surface area (Å²) in [6, 6.07) is 11.0. The maximum absolute atomic E-state index is 12.2. The summed E-state index contributed by atoms with van der Waals surface area (Å²) in [5, 5.41) is 3.46. The smallest absolute Gasteiger partial charge is 0.255 e. The van der Waals surface area contributed by atoms with Gasteiger partial charge in [0.1, 0.15) is 0 Å². The maximum atomic E-state index is 12.2. The Balaban J connectivity index is 2.31. The molecule has 0 saturated carbocycles. The standard InChI is InChI=1S/C15H13BrClNO/c1-9-4-3-5-10(2)14(9)18-15(19)11-6-12(16)8-13(17)7-11/h3-8H,1-2H3,(H,18,19). The molecule has 0 aromatic heterocycles. The number of para-hydroxylation sites is 1. The fourth-order valence-electron chi connectivity index (χ4n) is 1.88. The second-order valence-corrected chi connectivity index (χ2v) is 5.73. The number of hydrogen-bond acceptors (Lipinski definition) is 1. The van der Waals surface area contributed by atoms with E-state index in [0.717, 1.165) is 21.3 Å². The molecule has 0 aliphatic carbocycles. The van der Waals surface area contributed by atoms with Crippen molar-refractivity contribution in [1.82, 2.24) is 0 Å². The molecule has 0 unspecified atom stereocenters. The Morgan fingerprint density at radius 2 is 1.79 bits per heavy atom. The number of nitrogens with one attached hydrogen (secondary N) is 1. The molecule has 0 fully saturated rings. The maximum Gasteiger partial charge on any atom is 0.255 e. The van der Waals surface area contributed by atoms with Crippen molar-refractivity contribution in [2.24, 2.45) is 0 Å². The summed E-state index contributed by atoms with van der Waals surface area (Å²) in [6.45, 7) is 3.94. The average molecular weight is 339 g/mol. The minimum atomic E-state index is -0.166. The summed E-state index contributed by atoms with van der Waals surface area (Å²) < 4.78 is 0.784. The molecule has 1 amide bonds. The largest absolute Gasteiger partial charge is 0.322 e. The van der Waals surface area contributed by atoms with Crippen LogP contribution in [-0.2, 0) is 0 Å². The van der Waals surface area contributed by atoms with Gasteiger partial charge in [0.05, 0.1) is 0 Å². The van der Waals surface area contributed by atoms with Crippen LogP contribution in [0.15, 0.2) is 40.9 Å². The Morgan fingerprint density at radius 1 is 1.16 bits per heavy atom. The number of amides is 1. The molecule has 2 aromatic carbocycles. The van der Waals surface area contributed by atoms with Crippen LogP contribution >= 0.6 is 27.5 Å². The fourth-order valence-corrected chi connectivity index (χ4v) is 2.74. The van der Waals surface area contributed by atoms with Gasteiger partial charge in [-0.3, -0.25) is 4.79 Å². The summed E-state index contributed by atoms with van der Waals surface area (Å²) in [7, 11) is 0. The fraction of sp³-hybridized carbons (Fsp3) is 0.133. The lowest BCUT2D eigenvalue weighted by atomic mass is 10.1. The van der Waals surface area contributed by atoms with Gasteiger partial charge >= 0.3 is 0 Å². The van der Waals surface area contributed by atoms with Crippen molar-refractivity contribution in [1.29, 1.82) is 0 Å². The SMILES string of the molecule is Cc1cccc(C)c1NC(=O)c1cc(Cl)cc(Br)c1. The lowest BCUT2D eigenvalue weighted by molar-refractivity contribution is 0.102. The van der Waals surface area contributed by atoms with Crippen molar-refractivity contribution in [3.8, 4) is 0 Å². The molecule has 4 heteroatoms. The molecular weight excluding hydrogens is 326 g/mol. The van der Waals surface area contributed by atoms with Gasteiger partial charge < -0.3 is 5.32 Å². The van der Waals surface area contributed by atoms with Gasteiger partial charge in [0.25, 0.3) is 5.91 Å². The number of carbonyl (C=O) groups is 1. The van der Waals surface area contributed by atoms with E-state index in [9.17, 15) is 4.79 Å². The van der Waals surface area contributed by atoms with Crippen LogP contribution in [-0.4, -0.2) is 5.91 Å². The zero-order chi connectivity index (χ0) is 14.0. The van der Waals surface area contributed by atoms with Crippen molar-refractivity contribution in [3.63, 3.8) is 0 Å². The van der Waals surface area contributed by atoms with Crippen LogP contribution in [0.3, 0.4) is 0 Å². The molecule has 0 saturated heterocycles. The van der Waals surface area contributed by atoms with Gasteiger partial charge in [0.15, 0.2) is 0 Å². The van der Waals surface area contributed by atoms with E-state index in [1.165, 1.54) is 0 Å². The third-order valence-corrected chi connectivity index (χ3v) is 3.52. The second-order valence-electron chi connectivity index (χ2n) is 4.38. The van der Waals surface area contributed by atoms with E-state index in [1.54, 1.807) is 18.2 Å². The van der Waals surface area contributed by atoms with Crippen LogP contribution in [0.2, 0.25) is 5.02 Å². The molecule has 98 valence electrons. The Labute approximate surface area is 125 Å². The predicted molar refractivity (Wildman–Crippen MR) is 83.0 cm³/mol. The van der Waals surface area contributed by atoms with E-state index in [1.807, 2.05) is 32.0 Å². The van der Waals surface area contributed by atoms with E-state index in [-0.39, 0.29) is 5.91 Å². The van der Waals surface area contributed by atoms with E-state index in [0.29, 0.717) is 10.6 Å². The molecule has 0 aliphatic heterocycles. The molecule has 2 rings (SSSR count). The molecule has 2 aromatic rings. The highest BCUT2D eigenvalue weighted by molar-refractivity contribution is 9.10. The monoisotopic (exact) mass is 337 g/mol. The molecule has 0 aliphatic rings. The number of carbonyl (C=O) groups excluding carboxylic acids is 1. The molecule has 0 heterocycles. The number of rotatable bonds is 2. The van der Waals surface area contributed by atoms with E-state index in [2.05, 4.69) is 21.2 Å². The Morgan fingerprint density at radius 3 is 2.37 bits per heavy atom. The van der Waals surface area contributed by atoms with Gasteiger partial charge in [0, 0.05) is 20.7 Å². The normalized spacial score (nSPS) is 10.3. The Kier molecular flexibility index (Phi) is 4.27. The van der Waals surface area contributed by atoms with Gasteiger partial charge in [-0.15, -0.1) is 0 Å². The van der Waals surface area contributed by atoms with Crippen molar-refractivity contribution in [3.05, 3.63) is 62.6 Å². The predicted octanol–water partition coefficient (Wildman–Crippen LogP) is 4.97. The molecule has 19 heavy (non-hydrogen) atoms. The number of anilines is 1. The van der Waals surface area contributed by atoms with Crippen LogP contribution in [0.1, 0.15) is 21.5 Å². The third kappa shape index (κ3) is 3.37. The van der Waals surface area contributed by atoms with Gasteiger partial charge in [-0.1, -0.05) is 45.7 Å². The van der Waals surface area contributed by atoms with Gasteiger partial charge in [0.2, 0.25) is 0 Å². The topological polar surface area (TPSA) is 29.1 Å². The minimum absolute atomic E-state index is 0.166. The molecule has 0 atom stereocenters. The number of hydrogen-bond donors (Lipinski definition) is 1. The molecular formula is C15H13BrClNO. The first-order chi connectivity index (χ1) is 8.97. The molecule has 1 N–H and O–H groups in total. The highest BCUT2D eigenvalue weighted by atomic mass is 79.9. The zero-order valence-electron chi connectivity index (χ0n) is 10.6. The van der Waals surface area contributed by atoms with E-state index >= 15 is 0 Å². The summed E-state index contributed by atoms with van der Waals surface area (Å²) >= 11 is 9.28. The second kappa shape index (κ2) is 5.76. The Hall–Kier alpha value is -1.32. The van der Waals surface area contributed by atoms with Crippen LogP contribution in [0.25, 0.3) is 0 Å². The van der Waals surface area contributed by atoms with Gasteiger partial charge in [-0.05, 0) is 43.2 Å². The lowest BCUT2D eigenvalue weighted by Crippen LogP contribution is -2.13.